The molecule has 0 saturated heterocycles. The van der Waals surface area contributed by atoms with Gasteiger partial charge in [0.25, 0.3) is 0 Å². The molecule has 0 heterocycles. The van der Waals surface area contributed by atoms with Gasteiger partial charge in [0.1, 0.15) is 6.10 Å². The molecule has 0 aromatic rings. The zero-order valence-corrected chi connectivity index (χ0v) is 34.7. The first-order chi connectivity index (χ1) is 25.6. The van der Waals surface area contributed by atoms with Crippen molar-refractivity contribution in [2.75, 3.05) is 6.61 Å². The summed E-state index contributed by atoms with van der Waals surface area (Å²) in [6.45, 7) is 4.14. The molecule has 1 amide bonds. The van der Waals surface area contributed by atoms with Gasteiger partial charge in [0.15, 0.2) is 0 Å². The average molecular weight is 732 g/mol. The van der Waals surface area contributed by atoms with Gasteiger partial charge in [-0.1, -0.05) is 198 Å². The van der Waals surface area contributed by atoms with E-state index in [-0.39, 0.29) is 12.5 Å². The number of aliphatic hydroxyl groups is 3. The average Bonchev–Trinajstić information content (AvgIpc) is 3.15. The van der Waals surface area contributed by atoms with Crippen LogP contribution in [0.15, 0.2) is 36.5 Å². The summed E-state index contributed by atoms with van der Waals surface area (Å²) in [6.07, 6.45) is 52.6. The Bertz CT molecular complexity index is 809. The molecule has 0 aliphatic carbocycles. The van der Waals surface area contributed by atoms with Crippen molar-refractivity contribution in [3.8, 4) is 0 Å². The summed E-state index contributed by atoms with van der Waals surface area (Å²) in [6, 6.07) is -0.832. The molecular weight excluding hydrogens is 643 g/mol. The molecule has 5 nitrogen and oxygen atoms in total. The zero-order valence-electron chi connectivity index (χ0n) is 34.7. The third-order valence-electron chi connectivity index (χ3n) is 10.5. The van der Waals surface area contributed by atoms with Crippen molar-refractivity contribution < 1.29 is 20.1 Å². The van der Waals surface area contributed by atoms with Crippen LogP contribution in [0.25, 0.3) is 0 Å². The van der Waals surface area contributed by atoms with E-state index in [1.165, 1.54) is 161 Å². The van der Waals surface area contributed by atoms with Gasteiger partial charge in [-0.15, -0.1) is 0 Å². The van der Waals surface area contributed by atoms with E-state index >= 15 is 0 Å². The second-order valence-electron chi connectivity index (χ2n) is 15.6. The summed E-state index contributed by atoms with van der Waals surface area (Å²) in [5.74, 6) is -0.166. The van der Waals surface area contributed by atoms with Crippen molar-refractivity contribution >= 4 is 5.91 Å². The largest absolute Gasteiger partial charge is 0.394 e. The lowest BCUT2D eigenvalue weighted by Crippen LogP contribution is -2.50. The van der Waals surface area contributed by atoms with Crippen LogP contribution < -0.4 is 5.32 Å². The molecule has 0 spiro atoms. The maximum absolute atomic E-state index is 12.4. The predicted molar refractivity (Wildman–Crippen MR) is 227 cm³/mol. The Kier molecular flexibility index (Phi) is 41.1. The number of carbonyl (C=O) groups is 1. The van der Waals surface area contributed by atoms with E-state index in [1.807, 2.05) is 0 Å². The Morgan fingerprint density at radius 3 is 1.27 bits per heavy atom. The number of hydrogen-bond acceptors (Lipinski definition) is 4. The molecule has 0 aliphatic rings. The van der Waals surface area contributed by atoms with E-state index < -0.39 is 18.2 Å². The monoisotopic (exact) mass is 732 g/mol. The van der Waals surface area contributed by atoms with Crippen LogP contribution in [0.4, 0.5) is 0 Å². The Balaban J connectivity index is 3.65. The van der Waals surface area contributed by atoms with Crippen molar-refractivity contribution in [1.29, 1.82) is 0 Å². The van der Waals surface area contributed by atoms with Crippen molar-refractivity contribution in [2.45, 2.75) is 250 Å². The standard InChI is InChI=1S/C47H89NO4/c1-3-5-7-9-11-13-15-17-19-20-21-22-23-24-25-26-28-29-31-33-35-37-39-41-45(50)47(52)44(43-49)48-46(51)42-40-38-36-34-32-30-27-18-16-14-12-10-8-6-4-2/h12,14,16,18,33,35,44-45,47,49-50,52H,3-11,13,15,17,19-32,34,36-43H2,1-2H3,(H,48,51)/b14-12-,18-16-,35-33+. The highest BCUT2D eigenvalue weighted by atomic mass is 16.3. The van der Waals surface area contributed by atoms with Gasteiger partial charge in [0, 0.05) is 6.42 Å². The number of allylic oxidation sites excluding steroid dienone is 6. The smallest absolute Gasteiger partial charge is 0.220 e. The van der Waals surface area contributed by atoms with Crippen LogP contribution in [-0.4, -0.2) is 46.1 Å². The number of unbranched alkanes of at least 4 members (excludes halogenated alkanes) is 28. The van der Waals surface area contributed by atoms with Gasteiger partial charge in [-0.05, 0) is 64.2 Å². The highest BCUT2D eigenvalue weighted by Gasteiger charge is 2.26. The van der Waals surface area contributed by atoms with E-state index in [0.717, 1.165) is 44.9 Å². The number of amides is 1. The summed E-state index contributed by atoms with van der Waals surface area (Å²) in [5, 5.41) is 33.5. The van der Waals surface area contributed by atoms with Crippen molar-refractivity contribution in [3.63, 3.8) is 0 Å². The van der Waals surface area contributed by atoms with Gasteiger partial charge in [0.2, 0.25) is 5.91 Å². The lowest BCUT2D eigenvalue weighted by Gasteiger charge is -2.26. The number of hydrogen-bond donors (Lipinski definition) is 4. The molecule has 4 N–H and O–H groups in total. The first kappa shape index (κ1) is 50.6. The summed E-state index contributed by atoms with van der Waals surface area (Å²) in [5.41, 5.74) is 0. The van der Waals surface area contributed by atoms with Gasteiger partial charge in [0.05, 0.1) is 18.8 Å². The molecule has 0 aromatic heterocycles. The van der Waals surface area contributed by atoms with Gasteiger partial charge in [-0.3, -0.25) is 4.79 Å². The van der Waals surface area contributed by atoms with Gasteiger partial charge >= 0.3 is 0 Å². The number of carbonyl (C=O) groups excluding carboxylic acids is 1. The molecule has 0 rings (SSSR count). The molecule has 0 radical (unpaired) electrons. The van der Waals surface area contributed by atoms with Crippen LogP contribution >= 0.6 is 0 Å². The molecule has 0 saturated carbocycles. The summed E-state index contributed by atoms with van der Waals surface area (Å²) >= 11 is 0. The second kappa shape index (κ2) is 42.3. The molecule has 5 heteroatoms. The third-order valence-corrected chi connectivity index (χ3v) is 10.5. The van der Waals surface area contributed by atoms with Crippen LogP contribution in [0, 0.1) is 0 Å². The van der Waals surface area contributed by atoms with Crippen LogP contribution in [-0.2, 0) is 4.79 Å². The van der Waals surface area contributed by atoms with E-state index in [4.69, 9.17) is 0 Å². The van der Waals surface area contributed by atoms with E-state index in [2.05, 4.69) is 55.6 Å². The molecule has 0 aliphatic heterocycles. The summed E-state index contributed by atoms with van der Waals surface area (Å²) in [4.78, 5) is 12.4. The summed E-state index contributed by atoms with van der Waals surface area (Å²) < 4.78 is 0. The predicted octanol–water partition coefficient (Wildman–Crippen LogP) is 13.2. The molecule has 0 aromatic carbocycles. The maximum Gasteiger partial charge on any atom is 0.220 e. The lowest BCUT2D eigenvalue weighted by molar-refractivity contribution is -0.124. The first-order valence-electron chi connectivity index (χ1n) is 22.8. The normalized spacial score (nSPS) is 13.9. The number of aliphatic hydroxyl groups excluding tert-OH is 3. The second-order valence-corrected chi connectivity index (χ2v) is 15.6. The molecule has 3 atom stereocenters. The number of rotatable bonds is 41. The highest BCUT2D eigenvalue weighted by molar-refractivity contribution is 5.76. The highest BCUT2D eigenvalue weighted by Crippen LogP contribution is 2.16. The molecule has 306 valence electrons. The molecule has 3 unspecified atom stereocenters. The maximum atomic E-state index is 12.4. The van der Waals surface area contributed by atoms with Crippen molar-refractivity contribution in [3.05, 3.63) is 36.5 Å². The van der Waals surface area contributed by atoms with Crippen LogP contribution in [0.3, 0.4) is 0 Å². The molecule has 52 heavy (non-hydrogen) atoms. The van der Waals surface area contributed by atoms with Gasteiger partial charge in [-0.2, -0.15) is 0 Å². The summed E-state index contributed by atoms with van der Waals surface area (Å²) in [7, 11) is 0. The molecule has 0 bridgehead atoms. The Morgan fingerprint density at radius 1 is 0.481 bits per heavy atom. The van der Waals surface area contributed by atoms with Gasteiger partial charge in [-0.25, -0.2) is 0 Å². The first-order valence-corrected chi connectivity index (χ1v) is 22.8. The number of nitrogens with one attached hydrogen (secondary N) is 1. The van der Waals surface area contributed by atoms with E-state index in [0.29, 0.717) is 12.8 Å². The van der Waals surface area contributed by atoms with Crippen molar-refractivity contribution in [2.24, 2.45) is 0 Å². The zero-order chi connectivity index (χ0) is 38.0. The molecular formula is C47H89NO4. The fourth-order valence-corrected chi connectivity index (χ4v) is 6.92. The van der Waals surface area contributed by atoms with Crippen LogP contribution in [0.5, 0.6) is 0 Å². The van der Waals surface area contributed by atoms with Gasteiger partial charge < -0.3 is 20.6 Å². The lowest BCUT2D eigenvalue weighted by atomic mass is 10.0. The Hall–Kier alpha value is -1.43. The van der Waals surface area contributed by atoms with E-state index in [1.54, 1.807) is 0 Å². The SMILES string of the molecule is CCCCC/C=C\C=C/CCCCCCCCC(=O)NC(CO)C(O)C(O)CCC/C=C/CCCCCCCCCCCCCCCCCCCC. The quantitative estimate of drug-likeness (QED) is 0.0286. The van der Waals surface area contributed by atoms with Crippen molar-refractivity contribution in [1.82, 2.24) is 5.32 Å². The van der Waals surface area contributed by atoms with Crippen LogP contribution in [0.1, 0.15) is 232 Å². The minimum Gasteiger partial charge on any atom is -0.394 e. The van der Waals surface area contributed by atoms with E-state index in [9.17, 15) is 20.1 Å². The Morgan fingerprint density at radius 2 is 0.827 bits per heavy atom. The molecule has 0 fully saturated rings. The minimum atomic E-state index is -1.16. The topological polar surface area (TPSA) is 89.8 Å². The van der Waals surface area contributed by atoms with Crippen LogP contribution in [0.2, 0.25) is 0 Å². The fraction of sp³-hybridized carbons (Fsp3) is 0.851. The fourth-order valence-electron chi connectivity index (χ4n) is 6.92. The third kappa shape index (κ3) is 36.9. The Labute approximate surface area is 324 Å². The minimum absolute atomic E-state index is 0.166.